The molecule has 0 bridgehead atoms. The molecule has 1 aromatic heterocycles. The fraction of sp³-hybridized carbons (Fsp3) is 0.300. The molecule has 0 aliphatic carbocycles. The second-order valence-electron chi connectivity index (χ2n) is 3.63. The van der Waals surface area contributed by atoms with E-state index in [0.29, 0.717) is 0 Å². The first-order chi connectivity index (χ1) is 8.81. The first kappa shape index (κ1) is 15.1. The third-order valence-electron chi connectivity index (χ3n) is 2.03. The number of rotatable bonds is 6. The maximum absolute atomic E-state index is 11.7. The van der Waals surface area contributed by atoms with Crippen molar-refractivity contribution in [2.24, 2.45) is 0 Å². The molecule has 3 N–H and O–H groups in total. The van der Waals surface area contributed by atoms with Crippen LogP contribution in [0.2, 0.25) is 0 Å². The molecule has 8 nitrogen and oxygen atoms in total. The number of carbonyl (C=O) groups is 2. The van der Waals surface area contributed by atoms with E-state index in [-0.39, 0.29) is 24.3 Å². The molecular formula is C10H13N3O5S. The first-order valence-corrected chi connectivity index (χ1v) is 7.11. The molecule has 0 aliphatic heterocycles. The van der Waals surface area contributed by atoms with Crippen LogP contribution in [0.1, 0.15) is 20.8 Å². The summed E-state index contributed by atoms with van der Waals surface area (Å²) >= 11 is 0. The van der Waals surface area contributed by atoms with Crippen LogP contribution in [0, 0.1) is 0 Å². The van der Waals surface area contributed by atoms with E-state index in [1.54, 1.807) is 0 Å². The highest BCUT2D eigenvalue weighted by Gasteiger charge is 2.16. The van der Waals surface area contributed by atoms with Crippen molar-refractivity contribution in [1.82, 2.24) is 15.0 Å². The third-order valence-corrected chi connectivity index (χ3v) is 2.76. The Balaban J connectivity index is 2.62. The molecule has 1 heterocycles. The average molecular weight is 287 g/mol. The molecule has 0 fully saturated rings. The number of carboxylic acid groups (broad SMARTS) is 1. The number of carboxylic acids is 1. The summed E-state index contributed by atoms with van der Waals surface area (Å²) in [4.78, 5) is 26.3. The van der Waals surface area contributed by atoms with E-state index in [1.807, 2.05) is 0 Å². The summed E-state index contributed by atoms with van der Waals surface area (Å²) in [7, 11) is -3.32. The van der Waals surface area contributed by atoms with Crippen molar-refractivity contribution >= 4 is 21.9 Å². The Morgan fingerprint density at radius 3 is 2.63 bits per heavy atom. The highest BCUT2D eigenvalue weighted by atomic mass is 32.2. The van der Waals surface area contributed by atoms with E-state index in [2.05, 4.69) is 15.0 Å². The van der Waals surface area contributed by atoms with E-state index < -0.39 is 21.9 Å². The predicted octanol–water partition coefficient (Wildman–Crippen LogP) is -0.941. The van der Waals surface area contributed by atoms with E-state index in [1.165, 1.54) is 18.3 Å². The molecule has 0 aromatic carbocycles. The van der Waals surface area contributed by atoms with Gasteiger partial charge >= 0.3 is 5.97 Å². The lowest BCUT2D eigenvalue weighted by Gasteiger charge is -2.06. The summed E-state index contributed by atoms with van der Waals surface area (Å²) in [5, 5.41) is 11.3. The third kappa shape index (κ3) is 5.02. The second-order valence-corrected chi connectivity index (χ2v) is 5.46. The summed E-state index contributed by atoms with van der Waals surface area (Å²) in [6, 6.07) is 2.67. The summed E-state index contributed by atoms with van der Waals surface area (Å²) < 4.78 is 23.7. The topological polar surface area (TPSA) is 125 Å². The predicted molar refractivity (Wildman–Crippen MR) is 66.4 cm³/mol. The average Bonchev–Trinajstić information content (AvgIpc) is 2.33. The summed E-state index contributed by atoms with van der Waals surface area (Å²) in [5.74, 6) is -1.93. The van der Waals surface area contributed by atoms with Crippen LogP contribution >= 0.6 is 0 Å². The van der Waals surface area contributed by atoms with Crippen molar-refractivity contribution < 1.29 is 23.1 Å². The molecule has 1 aromatic rings. The quantitative estimate of drug-likeness (QED) is 0.580. The number of aromatic carboxylic acids is 1. The number of carbonyl (C=O) groups excluding carboxylic acids is 1. The Kier molecular flexibility index (Phi) is 4.95. The van der Waals surface area contributed by atoms with Gasteiger partial charge in [0.05, 0.1) is 11.8 Å². The maximum Gasteiger partial charge on any atom is 0.338 e. The standard InChI is InChI=1S/C10H13N3O5S/c1-19(17,18)13-6-5-12-9(14)8-7(10(15)16)3-2-4-11-8/h2-4,13H,5-6H2,1H3,(H,12,14)(H,15,16). The van der Waals surface area contributed by atoms with Gasteiger partial charge in [-0.05, 0) is 12.1 Å². The molecule has 1 amide bonds. The Morgan fingerprint density at radius 1 is 1.37 bits per heavy atom. The molecule has 0 atom stereocenters. The summed E-state index contributed by atoms with van der Waals surface area (Å²) in [6.07, 6.45) is 2.30. The van der Waals surface area contributed by atoms with Gasteiger partial charge in [-0.15, -0.1) is 0 Å². The van der Waals surface area contributed by atoms with Gasteiger partial charge in [-0.1, -0.05) is 0 Å². The number of aromatic nitrogens is 1. The molecule has 0 saturated heterocycles. The summed E-state index contributed by atoms with van der Waals surface area (Å²) in [5.41, 5.74) is -0.426. The number of nitrogens with zero attached hydrogens (tertiary/aromatic N) is 1. The lowest BCUT2D eigenvalue weighted by Crippen LogP contribution is -2.35. The Labute approximate surface area is 109 Å². The van der Waals surface area contributed by atoms with Crippen LogP contribution in [0.4, 0.5) is 0 Å². The SMILES string of the molecule is CS(=O)(=O)NCCNC(=O)c1ncccc1C(=O)O. The van der Waals surface area contributed by atoms with Crippen molar-refractivity contribution in [2.45, 2.75) is 0 Å². The highest BCUT2D eigenvalue weighted by Crippen LogP contribution is 2.04. The number of pyridine rings is 1. The number of nitrogens with one attached hydrogen (secondary N) is 2. The monoisotopic (exact) mass is 287 g/mol. The Morgan fingerprint density at radius 2 is 2.05 bits per heavy atom. The van der Waals surface area contributed by atoms with Gasteiger partial charge < -0.3 is 10.4 Å². The van der Waals surface area contributed by atoms with Crippen LogP contribution in [0.3, 0.4) is 0 Å². The minimum Gasteiger partial charge on any atom is -0.478 e. The van der Waals surface area contributed by atoms with E-state index >= 15 is 0 Å². The van der Waals surface area contributed by atoms with Crippen molar-refractivity contribution in [3.05, 3.63) is 29.6 Å². The Hall–Kier alpha value is -2.00. The van der Waals surface area contributed by atoms with Crippen LogP contribution in [-0.4, -0.2) is 49.7 Å². The van der Waals surface area contributed by atoms with Gasteiger partial charge in [0.15, 0.2) is 0 Å². The van der Waals surface area contributed by atoms with Crippen LogP contribution in [0.5, 0.6) is 0 Å². The molecule has 0 aliphatic rings. The molecule has 104 valence electrons. The fourth-order valence-electron chi connectivity index (χ4n) is 1.26. The lowest BCUT2D eigenvalue weighted by molar-refractivity contribution is 0.0690. The van der Waals surface area contributed by atoms with Gasteiger partial charge in [-0.3, -0.25) is 9.78 Å². The molecule has 1 rings (SSSR count). The fourth-order valence-corrected chi connectivity index (χ4v) is 1.73. The normalized spacial score (nSPS) is 11.0. The van der Waals surface area contributed by atoms with Gasteiger partial charge in [0, 0.05) is 19.3 Å². The zero-order valence-electron chi connectivity index (χ0n) is 10.1. The molecule has 9 heteroatoms. The minimum absolute atomic E-state index is 0.0137. The van der Waals surface area contributed by atoms with Crippen LogP contribution < -0.4 is 10.0 Å². The Bertz CT molecular complexity index is 585. The maximum atomic E-state index is 11.7. The molecule has 19 heavy (non-hydrogen) atoms. The van der Waals surface area contributed by atoms with Gasteiger partial charge in [0.25, 0.3) is 5.91 Å². The first-order valence-electron chi connectivity index (χ1n) is 5.22. The lowest BCUT2D eigenvalue weighted by atomic mass is 10.2. The van der Waals surface area contributed by atoms with Crippen LogP contribution in [-0.2, 0) is 10.0 Å². The number of sulfonamides is 1. The van der Waals surface area contributed by atoms with Crippen molar-refractivity contribution in [3.8, 4) is 0 Å². The van der Waals surface area contributed by atoms with Crippen molar-refractivity contribution in [1.29, 1.82) is 0 Å². The van der Waals surface area contributed by atoms with Gasteiger partial charge in [-0.25, -0.2) is 17.9 Å². The zero-order valence-corrected chi connectivity index (χ0v) is 10.9. The van der Waals surface area contributed by atoms with Gasteiger partial charge in [0.2, 0.25) is 10.0 Å². The smallest absolute Gasteiger partial charge is 0.338 e. The van der Waals surface area contributed by atoms with Gasteiger partial charge in [0.1, 0.15) is 5.69 Å². The van der Waals surface area contributed by atoms with E-state index in [9.17, 15) is 18.0 Å². The number of hydrogen-bond donors (Lipinski definition) is 3. The van der Waals surface area contributed by atoms with Crippen molar-refractivity contribution in [3.63, 3.8) is 0 Å². The van der Waals surface area contributed by atoms with Crippen LogP contribution in [0.25, 0.3) is 0 Å². The zero-order chi connectivity index (χ0) is 14.5. The molecule has 0 radical (unpaired) electrons. The largest absolute Gasteiger partial charge is 0.478 e. The molecule has 0 spiro atoms. The minimum atomic E-state index is -3.32. The van der Waals surface area contributed by atoms with Crippen molar-refractivity contribution in [2.75, 3.05) is 19.3 Å². The highest BCUT2D eigenvalue weighted by molar-refractivity contribution is 7.88. The number of hydrogen-bond acceptors (Lipinski definition) is 5. The molecule has 0 unspecified atom stereocenters. The van der Waals surface area contributed by atoms with Gasteiger partial charge in [-0.2, -0.15) is 0 Å². The van der Waals surface area contributed by atoms with Crippen LogP contribution in [0.15, 0.2) is 18.3 Å². The van der Waals surface area contributed by atoms with E-state index in [4.69, 9.17) is 5.11 Å². The molecular weight excluding hydrogens is 274 g/mol. The number of amides is 1. The molecule has 0 saturated carbocycles. The van der Waals surface area contributed by atoms with E-state index in [0.717, 1.165) is 6.26 Å². The second kappa shape index (κ2) is 6.25. The summed E-state index contributed by atoms with van der Waals surface area (Å²) in [6.45, 7) is 0.0430.